The van der Waals surface area contributed by atoms with Gasteiger partial charge in [0, 0.05) is 0 Å². The van der Waals surface area contributed by atoms with E-state index in [1.54, 1.807) is 0 Å². The zero-order valence-corrected chi connectivity index (χ0v) is 13.6. The third kappa shape index (κ3) is 3.23. The topological polar surface area (TPSA) is 0 Å². The lowest BCUT2D eigenvalue weighted by Crippen LogP contribution is -2.26. The van der Waals surface area contributed by atoms with Gasteiger partial charge in [-0.05, 0) is 18.5 Å². The maximum Gasteiger partial charge on any atom is 0.0582 e. The van der Waals surface area contributed by atoms with E-state index in [0.29, 0.717) is 4.74 Å². The Hall–Kier alpha value is -0.623. The summed E-state index contributed by atoms with van der Waals surface area (Å²) in [5.74, 6) is 0. The fraction of sp³-hybridized carbons (Fsp3) is 0.200. The van der Waals surface area contributed by atoms with Crippen molar-refractivity contribution in [2.45, 2.75) is 17.8 Å². The molecule has 0 aliphatic heterocycles. The van der Waals surface area contributed by atoms with Gasteiger partial charge in [0.25, 0.3) is 0 Å². The summed E-state index contributed by atoms with van der Waals surface area (Å²) in [4.78, 5) is 0. The Bertz CT molecular complexity index is 433. The van der Waals surface area contributed by atoms with Crippen LogP contribution in [0.1, 0.15) is 0 Å². The van der Waals surface area contributed by atoms with E-state index in [1.165, 1.54) is 10.6 Å². The standard InChI is InChI=1S/C15H18ClPSi/c1-18(2)15(16)17(13-9-5-3-6-10-13)14-11-7-4-8-12-14/h3-12,15,18H,1-2H3. The van der Waals surface area contributed by atoms with Crippen molar-refractivity contribution < 1.29 is 0 Å². The van der Waals surface area contributed by atoms with Crippen LogP contribution in [0.2, 0.25) is 13.1 Å². The first-order valence-electron chi connectivity index (χ1n) is 6.23. The normalized spacial score (nSPS) is 12.9. The highest BCUT2D eigenvalue weighted by Crippen LogP contribution is 2.42. The zero-order chi connectivity index (χ0) is 13.0. The Labute approximate surface area is 117 Å². The molecular formula is C15H18ClPSi. The second kappa shape index (κ2) is 6.52. The second-order valence-corrected chi connectivity index (χ2v) is 11.9. The van der Waals surface area contributed by atoms with Crippen molar-refractivity contribution in [3.05, 3.63) is 60.7 Å². The summed E-state index contributed by atoms with van der Waals surface area (Å²) < 4.78 is 0.310. The molecule has 0 saturated carbocycles. The molecular weight excluding hydrogens is 275 g/mol. The van der Waals surface area contributed by atoms with Gasteiger partial charge in [-0.3, -0.25) is 0 Å². The van der Waals surface area contributed by atoms with Crippen LogP contribution >= 0.6 is 19.5 Å². The monoisotopic (exact) mass is 292 g/mol. The molecule has 0 spiro atoms. The quantitative estimate of drug-likeness (QED) is 0.458. The van der Waals surface area contributed by atoms with E-state index in [1.807, 2.05) is 0 Å². The van der Waals surface area contributed by atoms with Crippen LogP contribution in [-0.2, 0) is 0 Å². The van der Waals surface area contributed by atoms with Crippen LogP contribution in [0.25, 0.3) is 0 Å². The summed E-state index contributed by atoms with van der Waals surface area (Å²) >= 11 is 6.74. The smallest absolute Gasteiger partial charge is 0.0582 e. The molecule has 1 unspecified atom stereocenters. The summed E-state index contributed by atoms with van der Waals surface area (Å²) in [5, 5.41) is 2.78. The molecule has 2 aromatic carbocycles. The van der Waals surface area contributed by atoms with Crippen molar-refractivity contribution in [1.29, 1.82) is 0 Å². The average molecular weight is 293 g/mol. The van der Waals surface area contributed by atoms with E-state index in [-0.39, 0.29) is 0 Å². The van der Waals surface area contributed by atoms with Gasteiger partial charge in [-0.2, -0.15) is 0 Å². The number of hydrogen-bond acceptors (Lipinski definition) is 0. The number of rotatable bonds is 4. The van der Waals surface area contributed by atoms with Crippen LogP contribution in [0.4, 0.5) is 0 Å². The maximum atomic E-state index is 6.74. The third-order valence-electron chi connectivity index (χ3n) is 2.87. The Kier molecular flexibility index (Phi) is 5.00. The number of halogens is 1. The lowest BCUT2D eigenvalue weighted by molar-refractivity contribution is 1.68. The molecule has 0 fully saturated rings. The molecule has 0 heterocycles. The predicted octanol–water partition coefficient (Wildman–Crippen LogP) is 3.71. The van der Waals surface area contributed by atoms with Gasteiger partial charge in [-0.15, -0.1) is 11.6 Å². The molecule has 2 rings (SSSR count). The first-order chi connectivity index (χ1) is 8.70. The summed E-state index contributed by atoms with van der Waals surface area (Å²) in [6.45, 7) is 4.66. The van der Waals surface area contributed by atoms with Gasteiger partial charge in [-0.1, -0.05) is 73.8 Å². The molecule has 0 N–H and O–H groups in total. The molecule has 3 heteroatoms. The van der Waals surface area contributed by atoms with Crippen LogP contribution in [0.3, 0.4) is 0 Å². The Morgan fingerprint density at radius 2 is 1.22 bits per heavy atom. The van der Waals surface area contributed by atoms with Gasteiger partial charge in [0.05, 0.1) is 13.5 Å². The molecule has 94 valence electrons. The van der Waals surface area contributed by atoms with Gasteiger partial charge in [0.15, 0.2) is 0 Å². The van der Waals surface area contributed by atoms with Gasteiger partial charge in [-0.25, -0.2) is 0 Å². The van der Waals surface area contributed by atoms with Crippen molar-refractivity contribution in [2.24, 2.45) is 0 Å². The SMILES string of the molecule is C[SiH](C)C(Cl)P(c1ccccc1)c1ccccc1. The highest BCUT2D eigenvalue weighted by Gasteiger charge is 2.25. The Balaban J connectivity index is 2.42. The van der Waals surface area contributed by atoms with E-state index in [0.717, 1.165) is 0 Å². The minimum atomic E-state index is -0.868. The van der Waals surface area contributed by atoms with Crippen LogP contribution in [0.15, 0.2) is 60.7 Å². The summed E-state index contributed by atoms with van der Waals surface area (Å²) in [5.41, 5.74) is 0. The molecule has 18 heavy (non-hydrogen) atoms. The Morgan fingerprint density at radius 3 is 1.56 bits per heavy atom. The molecule has 0 amide bonds. The predicted molar refractivity (Wildman–Crippen MR) is 87.6 cm³/mol. The first-order valence-corrected chi connectivity index (χ1v) is 11.1. The van der Waals surface area contributed by atoms with E-state index in [2.05, 4.69) is 73.8 Å². The van der Waals surface area contributed by atoms with Gasteiger partial charge in [0.1, 0.15) is 0 Å². The molecule has 1 atom stereocenters. The van der Waals surface area contributed by atoms with Crippen molar-refractivity contribution in [3.8, 4) is 0 Å². The zero-order valence-electron chi connectivity index (χ0n) is 10.8. The van der Waals surface area contributed by atoms with Crippen molar-refractivity contribution in [3.63, 3.8) is 0 Å². The highest BCUT2D eigenvalue weighted by molar-refractivity contribution is 7.77. The van der Waals surface area contributed by atoms with Gasteiger partial charge in [0.2, 0.25) is 0 Å². The fourth-order valence-electron chi connectivity index (χ4n) is 1.91. The molecule has 0 saturated heterocycles. The molecule has 0 radical (unpaired) electrons. The maximum absolute atomic E-state index is 6.74. The first kappa shape index (κ1) is 13.8. The summed E-state index contributed by atoms with van der Waals surface area (Å²) in [6, 6.07) is 21.4. The number of hydrogen-bond donors (Lipinski definition) is 0. The molecule has 0 aliphatic carbocycles. The van der Waals surface area contributed by atoms with E-state index < -0.39 is 16.7 Å². The van der Waals surface area contributed by atoms with E-state index >= 15 is 0 Å². The molecule has 0 nitrogen and oxygen atoms in total. The molecule has 0 aromatic heterocycles. The van der Waals surface area contributed by atoms with Crippen LogP contribution in [0, 0.1) is 0 Å². The van der Waals surface area contributed by atoms with E-state index in [4.69, 9.17) is 11.6 Å². The van der Waals surface area contributed by atoms with Crippen molar-refractivity contribution in [1.82, 2.24) is 0 Å². The average Bonchev–Trinajstić information content (AvgIpc) is 2.41. The summed E-state index contributed by atoms with van der Waals surface area (Å²) in [6.07, 6.45) is 0. The second-order valence-electron chi connectivity index (χ2n) is 4.66. The third-order valence-corrected chi connectivity index (χ3v) is 10.9. The van der Waals surface area contributed by atoms with Crippen LogP contribution in [0.5, 0.6) is 0 Å². The minimum absolute atomic E-state index is 0.310. The van der Waals surface area contributed by atoms with Crippen molar-refractivity contribution in [2.75, 3.05) is 0 Å². The van der Waals surface area contributed by atoms with Crippen LogP contribution < -0.4 is 10.6 Å². The summed E-state index contributed by atoms with van der Waals surface area (Å²) in [7, 11) is -1.29. The lowest BCUT2D eigenvalue weighted by Gasteiger charge is -2.26. The molecule has 0 aliphatic rings. The number of alkyl halides is 1. The minimum Gasteiger partial charge on any atom is -0.121 e. The number of benzene rings is 2. The lowest BCUT2D eigenvalue weighted by atomic mass is 10.4. The Morgan fingerprint density at radius 1 is 0.833 bits per heavy atom. The largest absolute Gasteiger partial charge is 0.121 e. The van der Waals surface area contributed by atoms with Gasteiger partial charge < -0.3 is 0 Å². The van der Waals surface area contributed by atoms with Gasteiger partial charge >= 0.3 is 0 Å². The molecule has 0 bridgehead atoms. The van der Waals surface area contributed by atoms with E-state index in [9.17, 15) is 0 Å². The molecule has 2 aromatic rings. The highest BCUT2D eigenvalue weighted by atomic mass is 35.5. The van der Waals surface area contributed by atoms with Crippen LogP contribution in [-0.4, -0.2) is 13.5 Å². The van der Waals surface area contributed by atoms with Crippen molar-refractivity contribution >= 4 is 38.9 Å². The fourth-order valence-corrected chi connectivity index (χ4v) is 7.86.